The first kappa shape index (κ1) is 14.9. The van der Waals surface area contributed by atoms with E-state index in [0.717, 1.165) is 17.5 Å². The van der Waals surface area contributed by atoms with Gasteiger partial charge in [-0.3, -0.25) is 4.68 Å². The van der Waals surface area contributed by atoms with Gasteiger partial charge < -0.3 is 14.6 Å². The molecule has 124 valence electrons. The van der Waals surface area contributed by atoms with Crippen LogP contribution in [0.1, 0.15) is 23.7 Å². The number of nitrogens with zero attached hydrogens (tertiary/aromatic N) is 4. The zero-order valence-electron chi connectivity index (χ0n) is 13.6. The molecule has 7 heteroatoms. The summed E-state index contributed by atoms with van der Waals surface area (Å²) in [6.45, 7) is 2.74. The van der Waals surface area contributed by atoms with Crippen LogP contribution in [-0.4, -0.2) is 32.6 Å². The number of ether oxygens (including phenoxy) is 1. The second-order valence-electron chi connectivity index (χ2n) is 6.07. The van der Waals surface area contributed by atoms with Gasteiger partial charge >= 0.3 is 6.01 Å². The molecule has 1 saturated heterocycles. The fourth-order valence-electron chi connectivity index (χ4n) is 2.91. The lowest BCUT2D eigenvalue weighted by Crippen LogP contribution is -2.23. The second-order valence-corrected chi connectivity index (χ2v) is 6.07. The topological polar surface area (TPSA) is 78.0 Å². The largest absolute Gasteiger partial charge is 0.371 e. The maximum absolute atomic E-state index is 5.84. The van der Waals surface area contributed by atoms with E-state index in [-0.39, 0.29) is 12.1 Å². The van der Waals surface area contributed by atoms with E-state index in [2.05, 4.69) is 20.6 Å². The highest BCUT2D eigenvalue weighted by atomic mass is 16.5. The molecule has 3 aromatic rings. The predicted octanol–water partition coefficient (Wildman–Crippen LogP) is 2.72. The van der Waals surface area contributed by atoms with Crippen LogP contribution in [0.25, 0.3) is 11.4 Å². The minimum absolute atomic E-state index is 0.0616. The minimum atomic E-state index is -0.0616. The summed E-state index contributed by atoms with van der Waals surface area (Å²) in [5.41, 5.74) is 3.18. The Morgan fingerprint density at radius 2 is 2.08 bits per heavy atom. The van der Waals surface area contributed by atoms with Gasteiger partial charge in [0, 0.05) is 31.0 Å². The Balaban J connectivity index is 1.50. The van der Waals surface area contributed by atoms with E-state index >= 15 is 0 Å². The molecule has 1 aliphatic rings. The summed E-state index contributed by atoms with van der Waals surface area (Å²) >= 11 is 0. The number of aromatic nitrogens is 4. The van der Waals surface area contributed by atoms with Gasteiger partial charge in [-0.2, -0.15) is 10.1 Å². The normalized spacial score (nSPS) is 20.4. The van der Waals surface area contributed by atoms with Gasteiger partial charge in [0.25, 0.3) is 0 Å². The summed E-state index contributed by atoms with van der Waals surface area (Å²) in [7, 11) is 1.90. The van der Waals surface area contributed by atoms with E-state index in [1.807, 2.05) is 50.6 Å². The SMILES string of the molecule is Cc1ccc(-c2noc(N[C@H]3CCO[C@@H]3c3cnn(C)c3)n2)cc1. The van der Waals surface area contributed by atoms with Crippen molar-refractivity contribution < 1.29 is 9.26 Å². The van der Waals surface area contributed by atoms with Crippen LogP contribution in [0, 0.1) is 6.92 Å². The third-order valence-electron chi connectivity index (χ3n) is 4.19. The van der Waals surface area contributed by atoms with Crippen LogP contribution >= 0.6 is 0 Å². The van der Waals surface area contributed by atoms with Crippen molar-refractivity contribution in [3.8, 4) is 11.4 Å². The minimum Gasteiger partial charge on any atom is -0.371 e. The fraction of sp³-hybridized carbons (Fsp3) is 0.353. The summed E-state index contributed by atoms with van der Waals surface area (Å²) < 4.78 is 13.0. The van der Waals surface area contributed by atoms with Gasteiger partial charge in [-0.15, -0.1) is 0 Å². The van der Waals surface area contributed by atoms with E-state index < -0.39 is 0 Å². The molecule has 1 N–H and O–H groups in total. The highest BCUT2D eigenvalue weighted by Crippen LogP contribution is 2.31. The Hall–Kier alpha value is -2.67. The number of benzene rings is 1. The van der Waals surface area contributed by atoms with Crippen LogP contribution in [0.2, 0.25) is 0 Å². The Labute approximate surface area is 139 Å². The molecule has 1 fully saturated rings. The molecule has 0 radical (unpaired) electrons. The molecule has 2 aromatic heterocycles. The maximum Gasteiger partial charge on any atom is 0.322 e. The standard InChI is InChI=1S/C17H19N5O2/c1-11-3-5-12(6-4-11)16-20-17(24-21-16)19-14-7-8-23-15(14)13-9-18-22(2)10-13/h3-6,9-10,14-15H,7-8H2,1-2H3,(H,19,20,21)/t14-,15+/m0/s1. The molecule has 1 aliphatic heterocycles. The zero-order valence-corrected chi connectivity index (χ0v) is 13.6. The van der Waals surface area contributed by atoms with Gasteiger partial charge in [0.2, 0.25) is 5.82 Å². The van der Waals surface area contributed by atoms with Crippen molar-refractivity contribution in [3.05, 3.63) is 47.8 Å². The van der Waals surface area contributed by atoms with Crippen molar-refractivity contribution in [1.82, 2.24) is 19.9 Å². The van der Waals surface area contributed by atoms with Crippen molar-refractivity contribution in [2.45, 2.75) is 25.5 Å². The van der Waals surface area contributed by atoms with Crippen molar-refractivity contribution >= 4 is 6.01 Å². The molecule has 0 spiro atoms. The molecule has 24 heavy (non-hydrogen) atoms. The van der Waals surface area contributed by atoms with Gasteiger partial charge in [0.1, 0.15) is 6.10 Å². The Morgan fingerprint density at radius 1 is 1.25 bits per heavy atom. The number of hydrogen-bond acceptors (Lipinski definition) is 6. The third-order valence-corrected chi connectivity index (χ3v) is 4.19. The van der Waals surface area contributed by atoms with Crippen molar-refractivity contribution in [2.75, 3.05) is 11.9 Å². The van der Waals surface area contributed by atoms with Gasteiger partial charge in [-0.1, -0.05) is 35.0 Å². The first-order chi connectivity index (χ1) is 11.7. The summed E-state index contributed by atoms with van der Waals surface area (Å²) in [6.07, 6.45) is 4.61. The number of anilines is 1. The van der Waals surface area contributed by atoms with Gasteiger partial charge in [-0.25, -0.2) is 0 Å². The van der Waals surface area contributed by atoms with E-state index in [0.29, 0.717) is 18.4 Å². The lowest BCUT2D eigenvalue weighted by atomic mass is 10.1. The van der Waals surface area contributed by atoms with Gasteiger partial charge in [0.05, 0.1) is 12.2 Å². The molecule has 0 aliphatic carbocycles. The first-order valence-electron chi connectivity index (χ1n) is 7.96. The number of rotatable bonds is 4. The smallest absolute Gasteiger partial charge is 0.322 e. The highest BCUT2D eigenvalue weighted by Gasteiger charge is 2.31. The summed E-state index contributed by atoms with van der Waals surface area (Å²) in [5.74, 6) is 0.578. The van der Waals surface area contributed by atoms with Crippen LogP contribution in [-0.2, 0) is 11.8 Å². The molecular weight excluding hydrogens is 306 g/mol. The molecule has 3 heterocycles. The Morgan fingerprint density at radius 3 is 2.83 bits per heavy atom. The lowest BCUT2D eigenvalue weighted by molar-refractivity contribution is 0.107. The van der Waals surface area contributed by atoms with E-state index in [1.54, 1.807) is 4.68 Å². The second kappa shape index (κ2) is 6.09. The highest BCUT2D eigenvalue weighted by molar-refractivity contribution is 5.55. The third kappa shape index (κ3) is 2.90. The molecule has 2 atom stereocenters. The average molecular weight is 325 g/mol. The number of nitrogens with one attached hydrogen (secondary N) is 1. The monoisotopic (exact) mass is 325 g/mol. The lowest BCUT2D eigenvalue weighted by Gasteiger charge is -2.16. The van der Waals surface area contributed by atoms with Crippen molar-refractivity contribution in [2.24, 2.45) is 7.05 Å². The molecule has 0 unspecified atom stereocenters. The van der Waals surface area contributed by atoms with Crippen LogP contribution < -0.4 is 5.32 Å². The van der Waals surface area contributed by atoms with Crippen LogP contribution in [0.3, 0.4) is 0 Å². The average Bonchev–Trinajstić information content (AvgIpc) is 3.30. The van der Waals surface area contributed by atoms with Crippen LogP contribution in [0.5, 0.6) is 0 Å². The van der Waals surface area contributed by atoms with E-state index in [9.17, 15) is 0 Å². The molecule has 0 amide bonds. The molecular formula is C17H19N5O2. The summed E-state index contributed by atoms with van der Waals surface area (Å²) in [5, 5.41) is 11.6. The van der Waals surface area contributed by atoms with Crippen molar-refractivity contribution in [3.63, 3.8) is 0 Å². The molecule has 7 nitrogen and oxygen atoms in total. The van der Waals surface area contributed by atoms with Crippen LogP contribution in [0.4, 0.5) is 6.01 Å². The van der Waals surface area contributed by atoms with Gasteiger partial charge in [-0.05, 0) is 13.3 Å². The molecule has 4 rings (SSSR count). The van der Waals surface area contributed by atoms with E-state index in [1.165, 1.54) is 5.56 Å². The predicted molar refractivity (Wildman–Crippen MR) is 88.4 cm³/mol. The van der Waals surface area contributed by atoms with E-state index in [4.69, 9.17) is 9.26 Å². The first-order valence-corrected chi connectivity index (χ1v) is 7.96. The van der Waals surface area contributed by atoms with Gasteiger partial charge in [0.15, 0.2) is 0 Å². The number of aryl methyl sites for hydroxylation is 2. The summed E-state index contributed by atoms with van der Waals surface area (Å²) in [4.78, 5) is 4.44. The maximum atomic E-state index is 5.84. The summed E-state index contributed by atoms with van der Waals surface area (Å²) in [6, 6.07) is 8.53. The number of hydrogen-bond donors (Lipinski definition) is 1. The quantitative estimate of drug-likeness (QED) is 0.794. The fourth-order valence-corrected chi connectivity index (χ4v) is 2.91. The Kier molecular flexibility index (Phi) is 3.78. The van der Waals surface area contributed by atoms with Crippen LogP contribution in [0.15, 0.2) is 41.2 Å². The van der Waals surface area contributed by atoms with Crippen molar-refractivity contribution in [1.29, 1.82) is 0 Å². The molecule has 1 aromatic carbocycles. The Bertz CT molecular complexity index is 824. The zero-order chi connectivity index (χ0) is 16.5. The molecule has 0 saturated carbocycles. The molecule has 0 bridgehead atoms.